The first kappa shape index (κ1) is 19.5. The molecule has 4 aliphatic carbocycles. The van der Waals surface area contributed by atoms with Crippen LogP contribution in [0.3, 0.4) is 0 Å². The number of carboxylic acids is 1. The highest BCUT2D eigenvalue weighted by molar-refractivity contribution is 5.66. The molecule has 0 aliphatic heterocycles. The third-order valence-electron chi connectivity index (χ3n) is 9.63. The van der Waals surface area contributed by atoms with Gasteiger partial charge in [-0.2, -0.15) is 0 Å². The Morgan fingerprint density at radius 2 is 1.85 bits per heavy atom. The molecule has 0 saturated heterocycles. The van der Waals surface area contributed by atoms with E-state index in [0.717, 1.165) is 31.6 Å². The van der Waals surface area contributed by atoms with Crippen LogP contribution in [0.4, 0.5) is 0 Å². The summed E-state index contributed by atoms with van der Waals surface area (Å²) >= 11 is 0. The van der Waals surface area contributed by atoms with Crippen molar-refractivity contribution in [2.24, 2.45) is 40.4 Å². The monoisotopic (exact) mass is 374 g/mol. The Kier molecular flexibility index (Phi) is 4.98. The Labute approximate surface area is 164 Å². The van der Waals surface area contributed by atoms with E-state index in [1.54, 1.807) is 5.57 Å². The highest BCUT2D eigenvalue weighted by atomic mass is 16.4. The normalized spacial score (nSPS) is 47.4. The summed E-state index contributed by atoms with van der Waals surface area (Å²) in [5, 5.41) is 19.3. The second-order valence-corrected chi connectivity index (χ2v) is 10.8. The summed E-state index contributed by atoms with van der Waals surface area (Å²) in [5.74, 6) is 2.60. The molecule has 4 aliphatic rings. The lowest BCUT2D eigenvalue weighted by Gasteiger charge is -2.57. The molecular formula is C24H38O3. The van der Waals surface area contributed by atoms with Crippen molar-refractivity contribution < 1.29 is 15.0 Å². The van der Waals surface area contributed by atoms with Crippen LogP contribution in [0.5, 0.6) is 0 Å². The number of carbonyl (C=O) groups is 1. The molecule has 0 amide bonds. The van der Waals surface area contributed by atoms with Crippen molar-refractivity contribution in [1.29, 1.82) is 0 Å². The van der Waals surface area contributed by atoms with Crippen LogP contribution in [-0.4, -0.2) is 22.3 Å². The lowest BCUT2D eigenvalue weighted by Crippen LogP contribution is -2.49. The van der Waals surface area contributed by atoms with E-state index in [9.17, 15) is 9.90 Å². The molecule has 27 heavy (non-hydrogen) atoms. The van der Waals surface area contributed by atoms with Crippen molar-refractivity contribution in [3.63, 3.8) is 0 Å². The third-order valence-corrected chi connectivity index (χ3v) is 9.63. The van der Waals surface area contributed by atoms with E-state index < -0.39 is 5.97 Å². The second kappa shape index (κ2) is 6.90. The molecule has 0 aromatic heterocycles. The summed E-state index contributed by atoms with van der Waals surface area (Å²) < 4.78 is 0. The van der Waals surface area contributed by atoms with Gasteiger partial charge in [-0.3, -0.25) is 4.79 Å². The zero-order valence-corrected chi connectivity index (χ0v) is 17.4. The number of rotatable bonds is 4. The Balaban J connectivity index is 1.55. The molecule has 8 atom stereocenters. The largest absolute Gasteiger partial charge is 0.481 e. The van der Waals surface area contributed by atoms with Crippen LogP contribution in [0, 0.1) is 40.4 Å². The molecule has 2 N–H and O–H groups in total. The topological polar surface area (TPSA) is 57.5 Å². The van der Waals surface area contributed by atoms with Gasteiger partial charge < -0.3 is 10.2 Å². The average Bonchev–Trinajstić information content (AvgIpc) is 2.97. The minimum atomic E-state index is -0.654. The summed E-state index contributed by atoms with van der Waals surface area (Å²) in [6.45, 7) is 7.33. The summed E-state index contributed by atoms with van der Waals surface area (Å²) in [6, 6.07) is 0. The van der Waals surface area contributed by atoms with Crippen LogP contribution in [-0.2, 0) is 4.79 Å². The fourth-order valence-electron chi connectivity index (χ4n) is 8.02. The molecule has 152 valence electrons. The number of allylic oxidation sites excluding steroid dienone is 2. The summed E-state index contributed by atoms with van der Waals surface area (Å²) in [5.41, 5.74) is 2.50. The lowest BCUT2D eigenvalue weighted by atomic mass is 9.47. The quantitative estimate of drug-likeness (QED) is 0.645. The van der Waals surface area contributed by atoms with Gasteiger partial charge in [0.1, 0.15) is 0 Å². The van der Waals surface area contributed by atoms with Gasteiger partial charge in [-0.05, 0) is 98.2 Å². The Morgan fingerprint density at radius 1 is 1.15 bits per heavy atom. The van der Waals surface area contributed by atoms with Crippen LogP contribution < -0.4 is 0 Å². The first-order chi connectivity index (χ1) is 12.8. The highest BCUT2D eigenvalue weighted by Gasteiger charge is 2.58. The van der Waals surface area contributed by atoms with E-state index in [2.05, 4.69) is 26.8 Å². The van der Waals surface area contributed by atoms with E-state index in [1.807, 2.05) is 0 Å². The molecular weight excluding hydrogens is 336 g/mol. The van der Waals surface area contributed by atoms with Crippen molar-refractivity contribution in [2.45, 2.75) is 91.1 Å². The average molecular weight is 375 g/mol. The first-order valence-corrected chi connectivity index (χ1v) is 11.4. The minimum absolute atomic E-state index is 0.0853. The molecule has 0 aromatic carbocycles. The van der Waals surface area contributed by atoms with Gasteiger partial charge in [0, 0.05) is 6.42 Å². The van der Waals surface area contributed by atoms with Crippen LogP contribution in [0.1, 0.15) is 85.0 Å². The summed E-state index contributed by atoms with van der Waals surface area (Å²) in [6.07, 6.45) is 13.1. The number of hydrogen-bond acceptors (Lipinski definition) is 2. The zero-order chi connectivity index (χ0) is 19.4. The second-order valence-electron chi connectivity index (χ2n) is 10.8. The maximum Gasteiger partial charge on any atom is 0.303 e. The van der Waals surface area contributed by atoms with E-state index in [4.69, 9.17) is 5.11 Å². The van der Waals surface area contributed by atoms with Gasteiger partial charge >= 0.3 is 5.97 Å². The number of carboxylic acid groups (broad SMARTS) is 1. The number of aliphatic hydroxyl groups excluding tert-OH is 1. The molecule has 3 nitrogen and oxygen atoms in total. The smallest absolute Gasteiger partial charge is 0.303 e. The maximum absolute atomic E-state index is 11.0. The molecule has 0 heterocycles. The van der Waals surface area contributed by atoms with E-state index in [0.29, 0.717) is 40.9 Å². The molecule has 3 heteroatoms. The van der Waals surface area contributed by atoms with Crippen molar-refractivity contribution in [3.8, 4) is 0 Å². The highest BCUT2D eigenvalue weighted by Crippen LogP contribution is 2.66. The predicted octanol–water partition coefficient (Wildman–Crippen LogP) is 5.43. The zero-order valence-electron chi connectivity index (χ0n) is 17.4. The van der Waals surface area contributed by atoms with Crippen molar-refractivity contribution in [2.75, 3.05) is 0 Å². The Morgan fingerprint density at radius 3 is 2.59 bits per heavy atom. The molecule has 3 saturated carbocycles. The summed E-state index contributed by atoms with van der Waals surface area (Å²) in [7, 11) is 0. The van der Waals surface area contributed by atoms with Crippen LogP contribution in [0.15, 0.2) is 11.6 Å². The van der Waals surface area contributed by atoms with Gasteiger partial charge in [-0.15, -0.1) is 0 Å². The lowest BCUT2D eigenvalue weighted by molar-refractivity contribution is -0.137. The predicted molar refractivity (Wildman–Crippen MR) is 107 cm³/mol. The number of aliphatic carboxylic acids is 1. The molecule has 0 bridgehead atoms. The maximum atomic E-state index is 11.0. The molecule has 4 rings (SSSR count). The van der Waals surface area contributed by atoms with Gasteiger partial charge in [0.2, 0.25) is 0 Å². The molecule has 0 spiro atoms. The van der Waals surface area contributed by atoms with Crippen LogP contribution >= 0.6 is 0 Å². The van der Waals surface area contributed by atoms with E-state index >= 15 is 0 Å². The van der Waals surface area contributed by atoms with Crippen molar-refractivity contribution >= 4 is 5.97 Å². The molecule has 0 aromatic rings. The SMILES string of the molecule is C[C@H](CCC(=O)O)[C@H]1CC[C@H]2C3=CC[C@H]4C[C@@H](O)CC[C@]4(C)[C@H]3CC[C@]12C. The van der Waals surface area contributed by atoms with E-state index in [1.165, 1.54) is 32.1 Å². The number of fused-ring (bicyclic) bond motifs is 5. The molecule has 3 fully saturated rings. The van der Waals surface area contributed by atoms with Crippen molar-refractivity contribution in [1.82, 2.24) is 0 Å². The molecule has 0 unspecified atom stereocenters. The fraction of sp³-hybridized carbons (Fsp3) is 0.875. The van der Waals surface area contributed by atoms with E-state index in [-0.39, 0.29) is 6.10 Å². The van der Waals surface area contributed by atoms with Gasteiger partial charge in [-0.1, -0.05) is 32.4 Å². The van der Waals surface area contributed by atoms with Crippen molar-refractivity contribution in [3.05, 3.63) is 11.6 Å². The van der Waals surface area contributed by atoms with Gasteiger partial charge in [0.25, 0.3) is 0 Å². The summed E-state index contributed by atoms with van der Waals surface area (Å²) in [4.78, 5) is 11.0. The minimum Gasteiger partial charge on any atom is -0.481 e. The van der Waals surface area contributed by atoms with Gasteiger partial charge in [0.05, 0.1) is 6.10 Å². The van der Waals surface area contributed by atoms with Gasteiger partial charge in [0.15, 0.2) is 0 Å². The standard InChI is InChI=1S/C24H38O3/c1-15(4-9-22(26)27)19-7-8-20-18-6-5-16-14-17(25)10-12-23(16,2)21(18)11-13-24(19,20)3/h6,15-17,19-21,25H,4-5,7-14H2,1-3H3,(H,26,27)/t15-,16+,17+,19-,20+,21+,23+,24-/m1/s1. The van der Waals surface area contributed by atoms with Gasteiger partial charge in [-0.25, -0.2) is 0 Å². The Bertz CT molecular complexity index is 625. The number of hydrogen-bond donors (Lipinski definition) is 2. The van der Waals surface area contributed by atoms with Crippen LogP contribution in [0.2, 0.25) is 0 Å². The first-order valence-electron chi connectivity index (χ1n) is 11.4. The Hall–Kier alpha value is -0.830. The third kappa shape index (κ3) is 3.09. The van der Waals surface area contributed by atoms with Crippen LogP contribution in [0.25, 0.3) is 0 Å². The fourth-order valence-corrected chi connectivity index (χ4v) is 8.02. The number of aliphatic hydroxyl groups is 1. The molecule has 0 radical (unpaired) electrons.